The van der Waals surface area contributed by atoms with Gasteiger partial charge in [0.25, 0.3) is 0 Å². The molecule has 0 saturated heterocycles. The summed E-state index contributed by atoms with van der Waals surface area (Å²) >= 11 is 0. The quantitative estimate of drug-likeness (QED) is 0.910. The van der Waals surface area contributed by atoms with Crippen LogP contribution in [0.25, 0.3) is 0 Å². The van der Waals surface area contributed by atoms with Gasteiger partial charge in [0.05, 0.1) is 12.7 Å². The van der Waals surface area contributed by atoms with Gasteiger partial charge in [-0.3, -0.25) is 4.98 Å². The number of aryl methyl sites for hydroxylation is 1. The van der Waals surface area contributed by atoms with E-state index in [-0.39, 0.29) is 5.41 Å². The van der Waals surface area contributed by atoms with Gasteiger partial charge >= 0.3 is 0 Å². The summed E-state index contributed by atoms with van der Waals surface area (Å²) in [6.45, 7) is 8.47. The fraction of sp³-hybridized carbons (Fsp3) is 0.688. The topological polar surface area (TPSA) is 42.4 Å². The summed E-state index contributed by atoms with van der Waals surface area (Å²) in [6, 6.07) is 0. The molecule has 0 aliphatic heterocycles. The van der Waals surface area contributed by atoms with Crippen molar-refractivity contribution in [3.8, 4) is 5.75 Å². The number of hydrogen-bond donors (Lipinski definition) is 1. The summed E-state index contributed by atoms with van der Waals surface area (Å²) in [5.74, 6) is 0.894. The number of aliphatic hydroxyl groups is 1. The third-order valence-electron chi connectivity index (χ3n) is 4.32. The van der Waals surface area contributed by atoms with Crippen LogP contribution in [-0.2, 0) is 6.42 Å². The Bertz CT molecular complexity index is 482. The van der Waals surface area contributed by atoms with E-state index in [1.165, 1.54) is 0 Å². The molecule has 1 N–H and O–H groups in total. The lowest BCUT2D eigenvalue weighted by Crippen LogP contribution is -2.30. The van der Waals surface area contributed by atoms with Crippen molar-refractivity contribution in [1.29, 1.82) is 0 Å². The van der Waals surface area contributed by atoms with E-state index >= 15 is 0 Å². The van der Waals surface area contributed by atoms with Gasteiger partial charge in [0.2, 0.25) is 0 Å². The highest BCUT2D eigenvalue weighted by molar-refractivity contribution is 5.41. The van der Waals surface area contributed by atoms with Gasteiger partial charge in [-0.25, -0.2) is 0 Å². The molecule has 106 valence electrons. The summed E-state index contributed by atoms with van der Waals surface area (Å²) in [6.07, 6.45) is 5.24. The number of ether oxygens (including phenoxy) is 1. The minimum Gasteiger partial charge on any atom is -0.496 e. The molecule has 1 aromatic rings. The highest BCUT2D eigenvalue weighted by Crippen LogP contribution is 2.45. The smallest absolute Gasteiger partial charge is 0.128 e. The Hall–Kier alpha value is -1.09. The van der Waals surface area contributed by atoms with E-state index < -0.39 is 5.60 Å². The van der Waals surface area contributed by atoms with Crippen molar-refractivity contribution in [3.05, 3.63) is 23.0 Å². The first kappa shape index (κ1) is 14.3. The molecule has 0 bridgehead atoms. The van der Waals surface area contributed by atoms with Crippen molar-refractivity contribution in [2.45, 2.75) is 59.0 Å². The summed E-state index contributed by atoms with van der Waals surface area (Å²) in [5, 5.41) is 10.8. The van der Waals surface area contributed by atoms with Crippen LogP contribution >= 0.6 is 0 Å². The highest BCUT2D eigenvalue weighted by atomic mass is 16.5. The van der Waals surface area contributed by atoms with Crippen LogP contribution in [0.5, 0.6) is 5.75 Å². The van der Waals surface area contributed by atoms with Crippen LogP contribution in [-0.4, -0.2) is 22.8 Å². The van der Waals surface area contributed by atoms with Crippen molar-refractivity contribution in [2.24, 2.45) is 5.41 Å². The second-order valence-electron chi connectivity index (χ2n) is 6.79. The minimum absolute atomic E-state index is 0.234. The zero-order valence-corrected chi connectivity index (χ0v) is 12.7. The Morgan fingerprint density at radius 2 is 2.00 bits per heavy atom. The van der Waals surface area contributed by atoms with Gasteiger partial charge in [0.15, 0.2) is 0 Å². The zero-order chi connectivity index (χ0) is 14.3. The Morgan fingerprint density at radius 3 is 2.53 bits per heavy atom. The van der Waals surface area contributed by atoms with Crippen LogP contribution in [0, 0.1) is 19.3 Å². The third-order valence-corrected chi connectivity index (χ3v) is 4.32. The van der Waals surface area contributed by atoms with Gasteiger partial charge in [0, 0.05) is 29.4 Å². The Kier molecular flexibility index (Phi) is 3.61. The van der Waals surface area contributed by atoms with E-state index in [0.29, 0.717) is 6.42 Å². The van der Waals surface area contributed by atoms with E-state index in [0.717, 1.165) is 41.8 Å². The molecule has 1 aliphatic rings. The molecule has 1 aliphatic carbocycles. The molecule has 0 spiro atoms. The second-order valence-corrected chi connectivity index (χ2v) is 6.79. The number of hydrogen-bond acceptors (Lipinski definition) is 3. The second kappa shape index (κ2) is 4.78. The van der Waals surface area contributed by atoms with Crippen LogP contribution < -0.4 is 4.74 Å². The first-order valence-corrected chi connectivity index (χ1v) is 6.98. The Morgan fingerprint density at radius 1 is 1.32 bits per heavy atom. The van der Waals surface area contributed by atoms with E-state index in [9.17, 15) is 5.11 Å². The van der Waals surface area contributed by atoms with E-state index in [1.807, 2.05) is 20.0 Å². The molecule has 1 heterocycles. The summed E-state index contributed by atoms with van der Waals surface area (Å²) < 4.78 is 5.43. The normalized spacial score (nSPS) is 25.6. The number of rotatable bonds is 3. The molecular weight excluding hydrogens is 238 g/mol. The molecule has 0 aromatic carbocycles. The number of methoxy groups -OCH3 is 1. The molecule has 1 aromatic heterocycles. The number of aromatic nitrogens is 1. The van der Waals surface area contributed by atoms with Gasteiger partial charge < -0.3 is 9.84 Å². The van der Waals surface area contributed by atoms with Crippen molar-refractivity contribution < 1.29 is 9.84 Å². The monoisotopic (exact) mass is 263 g/mol. The van der Waals surface area contributed by atoms with Crippen LogP contribution in [0.3, 0.4) is 0 Å². The fourth-order valence-electron chi connectivity index (χ4n) is 3.35. The van der Waals surface area contributed by atoms with Gasteiger partial charge in [0.1, 0.15) is 5.75 Å². The molecule has 1 saturated carbocycles. The largest absolute Gasteiger partial charge is 0.496 e. The first-order chi connectivity index (χ1) is 8.76. The fourth-order valence-corrected chi connectivity index (χ4v) is 3.35. The zero-order valence-electron chi connectivity index (χ0n) is 12.7. The molecule has 2 rings (SSSR count). The predicted octanol–water partition coefficient (Wildman–Crippen LogP) is 3.19. The average molecular weight is 263 g/mol. The number of pyridine rings is 1. The molecule has 1 atom stereocenters. The third kappa shape index (κ3) is 2.92. The van der Waals surface area contributed by atoms with E-state index in [1.54, 1.807) is 7.11 Å². The molecular formula is C16H25NO2. The molecule has 0 amide bonds. The van der Waals surface area contributed by atoms with Gasteiger partial charge in [-0.05, 0) is 38.5 Å². The van der Waals surface area contributed by atoms with E-state index in [4.69, 9.17) is 4.74 Å². The molecule has 3 nitrogen and oxygen atoms in total. The Balaban J connectivity index is 2.25. The molecule has 19 heavy (non-hydrogen) atoms. The lowest BCUT2D eigenvalue weighted by molar-refractivity contribution is 0.0367. The van der Waals surface area contributed by atoms with Crippen molar-refractivity contribution in [1.82, 2.24) is 4.98 Å². The average Bonchev–Trinajstić information content (AvgIpc) is 2.58. The maximum absolute atomic E-state index is 10.8. The Labute approximate surface area is 116 Å². The maximum Gasteiger partial charge on any atom is 0.128 e. The van der Waals surface area contributed by atoms with E-state index in [2.05, 4.69) is 18.8 Å². The minimum atomic E-state index is -0.610. The van der Waals surface area contributed by atoms with Crippen molar-refractivity contribution in [2.75, 3.05) is 7.11 Å². The van der Waals surface area contributed by atoms with Gasteiger partial charge in [-0.2, -0.15) is 0 Å². The molecule has 1 fully saturated rings. The summed E-state index contributed by atoms with van der Waals surface area (Å²) in [5.41, 5.74) is 2.68. The van der Waals surface area contributed by atoms with Gasteiger partial charge in [-0.15, -0.1) is 0 Å². The van der Waals surface area contributed by atoms with Crippen LogP contribution in [0.1, 0.15) is 49.9 Å². The summed E-state index contributed by atoms with van der Waals surface area (Å²) in [7, 11) is 1.69. The predicted molar refractivity (Wildman–Crippen MR) is 76.5 cm³/mol. The number of nitrogens with zero attached hydrogens (tertiary/aromatic N) is 1. The van der Waals surface area contributed by atoms with Crippen LogP contribution in [0.4, 0.5) is 0 Å². The van der Waals surface area contributed by atoms with Gasteiger partial charge in [-0.1, -0.05) is 13.8 Å². The summed E-state index contributed by atoms with van der Waals surface area (Å²) in [4.78, 5) is 4.50. The highest BCUT2D eigenvalue weighted by Gasteiger charge is 2.42. The molecule has 0 radical (unpaired) electrons. The SMILES string of the molecule is COc1c(C)cnc(CC2(O)CCC(C)(C)C2)c1C. The lowest BCUT2D eigenvalue weighted by Gasteiger charge is -2.26. The molecule has 3 heteroatoms. The first-order valence-electron chi connectivity index (χ1n) is 6.98. The maximum atomic E-state index is 10.8. The lowest BCUT2D eigenvalue weighted by atomic mass is 9.86. The van der Waals surface area contributed by atoms with Crippen LogP contribution in [0.2, 0.25) is 0 Å². The van der Waals surface area contributed by atoms with Crippen molar-refractivity contribution >= 4 is 0 Å². The molecule has 1 unspecified atom stereocenters. The van der Waals surface area contributed by atoms with Crippen molar-refractivity contribution in [3.63, 3.8) is 0 Å². The standard InChI is InChI=1S/C16H25NO2/c1-11-9-17-13(12(2)14(11)19-5)8-16(18)7-6-15(3,4)10-16/h9,18H,6-8,10H2,1-5H3. The van der Waals surface area contributed by atoms with Crippen LogP contribution in [0.15, 0.2) is 6.20 Å².